The number of rotatable bonds is 4. The van der Waals surface area contributed by atoms with Gasteiger partial charge in [0.2, 0.25) is 5.91 Å². The van der Waals surface area contributed by atoms with Crippen molar-refractivity contribution in [3.63, 3.8) is 0 Å². The van der Waals surface area contributed by atoms with E-state index in [0.29, 0.717) is 5.56 Å². The zero-order chi connectivity index (χ0) is 15.6. The molecule has 0 bridgehead atoms. The summed E-state index contributed by atoms with van der Waals surface area (Å²) in [4.78, 5) is 24.5. The summed E-state index contributed by atoms with van der Waals surface area (Å²) < 4.78 is 5.04. The van der Waals surface area contributed by atoms with Gasteiger partial charge in [-0.1, -0.05) is 12.1 Å². The van der Waals surface area contributed by atoms with Gasteiger partial charge >= 0.3 is 5.97 Å². The number of amides is 1. The molecule has 0 aliphatic carbocycles. The maximum absolute atomic E-state index is 12.0. The van der Waals surface area contributed by atoms with Crippen molar-refractivity contribution in [2.24, 2.45) is 5.73 Å². The minimum Gasteiger partial charge on any atom is -0.504 e. The zero-order valence-electron chi connectivity index (χ0n) is 11.4. The van der Waals surface area contributed by atoms with Crippen LogP contribution >= 0.6 is 11.8 Å². The molecule has 0 radical (unpaired) electrons. The zero-order valence-corrected chi connectivity index (χ0v) is 12.2. The van der Waals surface area contributed by atoms with Crippen molar-refractivity contribution < 1.29 is 24.5 Å². The van der Waals surface area contributed by atoms with Crippen LogP contribution in [0.1, 0.15) is 10.9 Å². The fourth-order valence-electron chi connectivity index (χ4n) is 2.25. The van der Waals surface area contributed by atoms with E-state index in [4.69, 9.17) is 10.5 Å². The molecule has 1 fully saturated rings. The molecule has 1 heterocycles. The average molecular weight is 312 g/mol. The van der Waals surface area contributed by atoms with E-state index in [2.05, 4.69) is 0 Å². The molecule has 8 heteroatoms. The van der Waals surface area contributed by atoms with Crippen molar-refractivity contribution >= 4 is 23.6 Å². The van der Waals surface area contributed by atoms with E-state index in [9.17, 15) is 19.8 Å². The van der Waals surface area contributed by atoms with E-state index in [1.165, 1.54) is 23.8 Å². The van der Waals surface area contributed by atoms with Crippen molar-refractivity contribution in [2.45, 2.75) is 11.4 Å². The standard InChI is InChI=1S/C13H16N2O5S/c1-20-9-4-2-3-7(11(9)17)12-15(10(16)5-14)8(6-21-12)13(18)19/h2-4,8,12,17H,5-6,14H2,1H3,(H,18,19)/t8-,12?/m0/s1. The predicted molar refractivity (Wildman–Crippen MR) is 77.2 cm³/mol. The van der Waals surface area contributed by atoms with Gasteiger partial charge in [-0.05, 0) is 6.07 Å². The summed E-state index contributed by atoms with van der Waals surface area (Å²) in [6.07, 6.45) is 0. The number of hydrogen-bond donors (Lipinski definition) is 3. The summed E-state index contributed by atoms with van der Waals surface area (Å²) in [6.45, 7) is -0.286. The topological polar surface area (TPSA) is 113 Å². The van der Waals surface area contributed by atoms with Gasteiger partial charge in [-0.2, -0.15) is 0 Å². The predicted octanol–water partition coefficient (Wildman–Crippen LogP) is 0.387. The number of carboxylic acids is 1. The number of nitrogens with two attached hydrogens (primary N) is 1. The number of methoxy groups -OCH3 is 1. The Kier molecular flexibility index (Phi) is 4.59. The Morgan fingerprint density at radius 1 is 1.52 bits per heavy atom. The first-order chi connectivity index (χ1) is 10.0. The Labute approximate surface area is 125 Å². The van der Waals surface area contributed by atoms with Gasteiger partial charge in [0.05, 0.1) is 13.7 Å². The number of thioether (sulfide) groups is 1. The number of carbonyl (C=O) groups is 2. The molecule has 7 nitrogen and oxygen atoms in total. The quantitative estimate of drug-likeness (QED) is 0.737. The third kappa shape index (κ3) is 2.77. The monoisotopic (exact) mass is 312 g/mol. The molecule has 0 aromatic heterocycles. The van der Waals surface area contributed by atoms with Crippen LogP contribution in [0, 0.1) is 0 Å². The van der Waals surface area contributed by atoms with Crippen LogP contribution in [0.25, 0.3) is 0 Å². The molecule has 1 aliphatic rings. The summed E-state index contributed by atoms with van der Waals surface area (Å²) in [5.41, 5.74) is 5.80. The maximum Gasteiger partial charge on any atom is 0.327 e. The highest BCUT2D eigenvalue weighted by Crippen LogP contribution is 2.46. The Balaban J connectivity index is 2.43. The summed E-state index contributed by atoms with van der Waals surface area (Å²) in [7, 11) is 1.42. The molecule has 114 valence electrons. The van der Waals surface area contributed by atoms with E-state index in [0.717, 1.165) is 0 Å². The first kappa shape index (κ1) is 15.5. The van der Waals surface area contributed by atoms with Crippen LogP contribution in [-0.2, 0) is 9.59 Å². The lowest BCUT2D eigenvalue weighted by Crippen LogP contribution is -2.45. The smallest absolute Gasteiger partial charge is 0.327 e. The number of ether oxygens (including phenoxy) is 1. The highest BCUT2D eigenvalue weighted by molar-refractivity contribution is 7.99. The highest BCUT2D eigenvalue weighted by Gasteiger charge is 2.43. The lowest BCUT2D eigenvalue weighted by molar-refractivity contribution is -0.148. The number of aromatic hydroxyl groups is 1. The normalized spacial score (nSPS) is 21.3. The van der Waals surface area contributed by atoms with Crippen LogP contribution in [0.4, 0.5) is 0 Å². The van der Waals surface area contributed by atoms with Crippen LogP contribution in [0.3, 0.4) is 0 Å². The number of phenolic OH excluding ortho intramolecular Hbond substituents is 1. The molecule has 1 aliphatic heterocycles. The molecule has 1 aromatic carbocycles. The number of hydrogen-bond acceptors (Lipinski definition) is 6. The molecule has 4 N–H and O–H groups in total. The summed E-state index contributed by atoms with van der Waals surface area (Å²) in [5.74, 6) is -1.15. The Bertz CT molecular complexity index is 565. The minimum absolute atomic E-state index is 0.0987. The second-order valence-corrected chi connectivity index (χ2v) is 5.56. The number of para-hydroxylation sites is 1. The first-order valence-electron chi connectivity index (χ1n) is 6.22. The number of aliphatic carboxylic acids is 1. The van der Waals surface area contributed by atoms with Gasteiger partial charge in [0, 0.05) is 11.3 Å². The molecule has 0 spiro atoms. The van der Waals surface area contributed by atoms with Gasteiger partial charge in [-0.3, -0.25) is 4.79 Å². The molecule has 1 unspecified atom stereocenters. The lowest BCUT2D eigenvalue weighted by atomic mass is 10.1. The minimum atomic E-state index is -1.09. The van der Waals surface area contributed by atoms with Crippen molar-refractivity contribution in [3.8, 4) is 11.5 Å². The van der Waals surface area contributed by atoms with Gasteiger partial charge in [0.15, 0.2) is 11.5 Å². The number of carbonyl (C=O) groups excluding carboxylic acids is 1. The second kappa shape index (κ2) is 6.23. The fourth-order valence-corrected chi connectivity index (χ4v) is 3.71. The van der Waals surface area contributed by atoms with E-state index in [-0.39, 0.29) is 23.8 Å². The molecular formula is C13H16N2O5S. The van der Waals surface area contributed by atoms with Crippen molar-refractivity contribution in [2.75, 3.05) is 19.4 Å². The fraction of sp³-hybridized carbons (Fsp3) is 0.385. The van der Waals surface area contributed by atoms with Crippen molar-refractivity contribution in [1.82, 2.24) is 4.90 Å². The van der Waals surface area contributed by atoms with E-state index in [1.54, 1.807) is 18.2 Å². The van der Waals surface area contributed by atoms with E-state index >= 15 is 0 Å². The molecule has 1 aromatic rings. The van der Waals surface area contributed by atoms with Crippen LogP contribution in [-0.4, -0.2) is 52.4 Å². The number of phenols is 1. The average Bonchev–Trinajstić information content (AvgIpc) is 2.91. The highest BCUT2D eigenvalue weighted by atomic mass is 32.2. The molecule has 2 rings (SSSR count). The molecule has 21 heavy (non-hydrogen) atoms. The number of nitrogens with zero attached hydrogens (tertiary/aromatic N) is 1. The van der Waals surface area contributed by atoms with Crippen LogP contribution < -0.4 is 10.5 Å². The molecule has 2 atom stereocenters. The van der Waals surface area contributed by atoms with Crippen molar-refractivity contribution in [1.29, 1.82) is 0 Å². The van der Waals surface area contributed by atoms with Gasteiger partial charge < -0.3 is 25.6 Å². The van der Waals surface area contributed by atoms with Crippen LogP contribution in [0.2, 0.25) is 0 Å². The summed E-state index contributed by atoms with van der Waals surface area (Å²) in [5, 5.41) is 18.8. The first-order valence-corrected chi connectivity index (χ1v) is 7.27. The molecule has 0 saturated carbocycles. The third-order valence-corrected chi connectivity index (χ3v) is 4.57. The Hall–Kier alpha value is -1.93. The largest absolute Gasteiger partial charge is 0.504 e. The van der Waals surface area contributed by atoms with Gasteiger partial charge in [0.1, 0.15) is 11.4 Å². The maximum atomic E-state index is 12.0. The SMILES string of the molecule is COc1cccc(C2SC[C@@H](C(=O)O)N2C(=O)CN)c1O. The van der Waals surface area contributed by atoms with Gasteiger partial charge in [-0.15, -0.1) is 11.8 Å². The summed E-state index contributed by atoms with van der Waals surface area (Å²) >= 11 is 1.27. The third-order valence-electron chi connectivity index (χ3n) is 3.26. The van der Waals surface area contributed by atoms with Gasteiger partial charge in [-0.25, -0.2) is 4.79 Å². The molecular weight excluding hydrogens is 296 g/mol. The second-order valence-electron chi connectivity index (χ2n) is 4.44. The Morgan fingerprint density at radius 2 is 2.24 bits per heavy atom. The van der Waals surface area contributed by atoms with Crippen molar-refractivity contribution in [3.05, 3.63) is 23.8 Å². The van der Waals surface area contributed by atoms with Crippen LogP contribution in [0.15, 0.2) is 18.2 Å². The lowest BCUT2D eigenvalue weighted by Gasteiger charge is -2.27. The molecule has 1 saturated heterocycles. The number of benzene rings is 1. The van der Waals surface area contributed by atoms with Crippen LogP contribution in [0.5, 0.6) is 11.5 Å². The van der Waals surface area contributed by atoms with E-state index in [1.807, 2.05) is 0 Å². The van der Waals surface area contributed by atoms with Gasteiger partial charge in [0.25, 0.3) is 0 Å². The molecule has 1 amide bonds. The number of carboxylic acid groups (broad SMARTS) is 1. The summed E-state index contributed by atoms with van der Waals surface area (Å²) in [6, 6.07) is 3.94. The van der Waals surface area contributed by atoms with E-state index < -0.39 is 23.3 Å². The Morgan fingerprint density at radius 3 is 2.81 bits per heavy atom.